The molecule has 0 saturated carbocycles. The van der Waals surface area contributed by atoms with Gasteiger partial charge in [0.1, 0.15) is 5.82 Å². The molecule has 1 heterocycles. The summed E-state index contributed by atoms with van der Waals surface area (Å²) in [6.07, 6.45) is 5.33. The fourth-order valence-corrected chi connectivity index (χ4v) is 4.31. The Hall–Kier alpha value is -3.98. The molecule has 0 aliphatic carbocycles. The third-order valence-electron chi connectivity index (χ3n) is 4.99. The van der Waals surface area contributed by atoms with Crippen molar-refractivity contribution in [2.24, 2.45) is 0 Å². The smallest absolute Gasteiger partial charge is 0.261 e. The largest absolute Gasteiger partial charge is 0.348 e. The number of sulfonamides is 1. The fraction of sp³-hybridized carbons (Fsp3) is 0.0833. The topological polar surface area (TPSA) is 93.1 Å². The SMILES string of the molecule is O=C(NCc1ccccc1Cn1ccnc1)c1ccc(NS(=O)(=O)c2ccc(F)cc2)cc1. The zero-order valence-electron chi connectivity index (χ0n) is 17.5. The molecule has 2 N–H and O–H groups in total. The van der Waals surface area contributed by atoms with E-state index in [0.29, 0.717) is 24.3 Å². The quantitative estimate of drug-likeness (QED) is 0.415. The van der Waals surface area contributed by atoms with E-state index in [1.165, 1.54) is 36.4 Å². The molecule has 0 aliphatic heterocycles. The maximum absolute atomic E-state index is 13.0. The third-order valence-corrected chi connectivity index (χ3v) is 6.39. The van der Waals surface area contributed by atoms with Crippen LogP contribution in [0.4, 0.5) is 10.1 Å². The van der Waals surface area contributed by atoms with Crippen LogP contribution in [0, 0.1) is 5.82 Å². The number of hydrogen-bond acceptors (Lipinski definition) is 4. The predicted molar refractivity (Wildman–Crippen MR) is 123 cm³/mol. The van der Waals surface area contributed by atoms with Gasteiger partial charge >= 0.3 is 0 Å². The van der Waals surface area contributed by atoms with Crippen molar-refractivity contribution >= 4 is 21.6 Å². The van der Waals surface area contributed by atoms with Crippen molar-refractivity contribution in [3.8, 4) is 0 Å². The monoisotopic (exact) mass is 464 g/mol. The summed E-state index contributed by atoms with van der Waals surface area (Å²) in [6, 6.07) is 18.4. The number of aromatic nitrogens is 2. The molecule has 0 unspecified atom stereocenters. The lowest BCUT2D eigenvalue weighted by molar-refractivity contribution is 0.0951. The van der Waals surface area contributed by atoms with Crippen molar-refractivity contribution in [2.75, 3.05) is 4.72 Å². The van der Waals surface area contributed by atoms with Gasteiger partial charge in [0, 0.05) is 36.7 Å². The second kappa shape index (κ2) is 9.66. The summed E-state index contributed by atoms with van der Waals surface area (Å²) in [5, 5.41) is 2.90. The predicted octanol–water partition coefficient (Wildman–Crippen LogP) is 3.80. The summed E-state index contributed by atoms with van der Waals surface area (Å²) in [5.74, 6) is -0.797. The van der Waals surface area contributed by atoms with Crippen LogP contribution in [0.3, 0.4) is 0 Å². The molecule has 0 aliphatic rings. The molecule has 7 nitrogen and oxygen atoms in total. The summed E-state index contributed by atoms with van der Waals surface area (Å²) in [7, 11) is -3.86. The number of rotatable bonds is 8. The highest BCUT2D eigenvalue weighted by Crippen LogP contribution is 2.17. The van der Waals surface area contributed by atoms with E-state index in [-0.39, 0.29) is 10.8 Å². The normalized spacial score (nSPS) is 11.2. The van der Waals surface area contributed by atoms with Gasteiger partial charge in [0.2, 0.25) is 0 Å². The first kappa shape index (κ1) is 22.2. The van der Waals surface area contributed by atoms with Crippen LogP contribution in [0.1, 0.15) is 21.5 Å². The van der Waals surface area contributed by atoms with Gasteiger partial charge in [0.15, 0.2) is 0 Å². The molecule has 1 aromatic heterocycles. The third kappa shape index (κ3) is 5.64. The minimum atomic E-state index is -3.86. The molecule has 0 radical (unpaired) electrons. The van der Waals surface area contributed by atoms with Crippen LogP contribution in [-0.2, 0) is 23.1 Å². The fourth-order valence-electron chi connectivity index (χ4n) is 3.26. The van der Waals surface area contributed by atoms with Crippen molar-refractivity contribution in [2.45, 2.75) is 18.0 Å². The molecular weight excluding hydrogens is 443 g/mol. The molecule has 9 heteroatoms. The number of nitrogens with one attached hydrogen (secondary N) is 2. The van der Waals surface area contributed by atoms with Crippen molar-refractivity contribution in [3.63, 3.8) is 0 Å². The first-order valence-corrected chi connectivity index (χ1v) is 11.6. The van der Waals surface area contributed by atoms with Crippen LogP contribution in [0.25, 0.3) is 0 Å². The minimum absolute atomic E-state index is 0.0555. The number of carbonyl (C=O) groups is 1. The summed E-state index contributed by atoms with van der Waals surface area (Å²) in [6.45, 7) is 0.998. The first-order valence-electron chi connectivity index (χ1n) is 10.1. The summed E-state index contributed by atoms with van der Waals surface area (Å²) in [5.41, 5.74) is 2.75. The van der Waals surface area contributed by atoms with E-state index in [4.69, 9.17) is 0 Å². The molecule has 3 aromatic carbocycles. The number of nitrogens with zero attached hydrogens (tertiary/aromatic N) is 2. The zero-order valence-corrected chi connectivity index (χ0v) is 18.3. The minimum Gasteiger partial charge on any atom is -0.348 e. The maximum atomic E-state index is 13.0. The van der Waals surface area contributed by atoms with Crippen molar-refractivity contribution in [3.05, 3.63) is 114 Å². The molecule has 0 saturated heterocycles. The Kier molecular flexibility index (Phi) is 6.50. The van der Waals surface area contributed by atoms with Crippen LogP contribution in [0.15, 0.2) is 96.4 Å². The first-order chi connectivity index (χ1) is 15.9. The summed E-state index contributed by atoms with van der Waals surface area (Å²) in [4.78, 5) is 16.6. The molecule has 168 valence electrons. The van der Waals surface area contributed by atoms with Gasteiger partial charge in [0.05, 0.1) is 11.2 Å². The second-order valence-corrected chi connectivity index (χ2v) is 9.01. The van der Waals surface area contributed by atoms with Crippen molar-refractivity contribution in [1.82, 2.24) is 14.9 Å². The van der Waals surface area contributed by atoms with Crippen LogP contribution in [-0.4, -0.2) is 23.9 Å². The number of anilines is 1. The van der Waals surface area contributed by atoms with E-state index in [0.717, 1.165) is 23.3 Å². The van der Waals surface area contributed by atoms with Gasteiger partial charge in [-0.2, -0.15) is 0 Å². The number of imidazole rings is 1. The van der Waals surface area contributed by atoms with Gasteiger partial charge in [-0.05, 0) is 59.7 Å². The number of halogens is 1. The second-order valence-electron chi connectivity index (χ2n) is 7.32. The van der Waals surface area contributed by atoms with E-state index < -0.39 is 15.8 Å². The van der Waals surface area contributed by atoms with E-state index in [1.54, 1.807) is 12.5 Å². The number of benzene rings is 3. The van der Waals surface area contributed by atoms with Crippen molar-refractivity contribution in [1.29, 1.82) is 0 Å². The highest BCUT2D eigenvalue weighted by Gasteiger charge is 2.15. The average Bonchev–Trinajstić information content (AvgIpc) is 3.32. The Balaban J connectivity index is 1.39. The number of amides is 1. The Bertz CT molecular complexity index is 1340. The van der Waals surface area contributed by atoms with Crippen LogP contribution in [0.2, 0.25) is 0 Å². The summed E-state index contributed by atoms with van der Waals surface area (Å²) >= 11 is 0. The van der Waals surface area contributed by atoms with Crippen LogP contribution in [0.5, 0.6) is 0 Å². The summed E-state index contributed by atoms with van der Waals surface area (Å²) < 4.78 is 42.2. The van der Waals surface area contributed by atoms with Gasteiger partial charge in [-0.25, -0.2) is 17.8 Å². The molecule has 0 fully saturated rings. The molecule has 0 atom stereocenters. The Morgan fingerprint density at radius 1 is 0.939 bits per heavy atom. The van der Waals surface area contributed by atoms with E-state index in [2.05, 4.69) is 15.0 Å². The van der Waals surface area contributed by atoms with Gasteiger partial charge < -0.3 is 9.88 Å². The van der Waals surface area contributed by atoms with E-state index in [1.807, 2.05) is 35.0 Å². The molecule has 4 aromatic rings. The molecule has 33 heavy (non-hydrogen) atoms. The average molecular weight is 465 g/mol. The zero-order chi connectivity index (χ0) is 23.3. The highest BCUT2D eigenvalue weighted by atomic mass is 32.2. The van der Waals surface area contributed by atoms with Crippen molar-refractivity contribution < 1.29 is 17.6 Å². The van der Waals surface area contributed by atoms with Gasteiger partial charge in [-0.3, -0.25) is 9.52 Å². The lowest BCUT2D eigenvalue weighted by Crippen LogP contribution is -2.23. The Morgan fingerprint density at radius 2 is 1.64 bits per heavy atom. The van der Waals surface area contributed by atoms with Gasteiger partial charge in [0.25, 0.3) is 15.9 Å². The maximum Gasteiger partial charge on any atom is 0.261 e. The lowest BCUT2D eigenvalue weighted by Gasteiger charge is -2.12. The standard InChI is InChI=1S/C24H21FN4O3S/c25-21-7-11-23(12-8-21)33(31,32)28-22-9-5-18(6-10-22)24(30)27-15-19-3-1-2-4-20(19)16-29-14-13-26-17-29/h1-14,17,28H,15-16H2,(H,27,30). The molecule has 4 rings (SSSR count). The number of hydrogen-bond donors (Lipinski definition) is 2. The van der Waals surface area contributed by atoms with E-state index >= 15 is 0 Å². The van der Waals surface area contributed by atoms with Gasteiger partial charge in [-0.15, -0.1) is 0 Å². The molecular formula is C24H21FN4O3S. The Labute approximate surface area is 191 Å². The lowest BCUT2D eigenvalue weighted by atomic mass is 10.1. The highest BCUT2D eigenvalue weighted by molar-refractivity contribution is 7.92. The van der Waals surface area contributed by atoms with E-state index in [9.17, 15) is 17.6 Å². The molecule has 0 spiro atoms. The van der Waals surface area contributed by atoms with Gasteiger partial charge in [-0.1, -0.05) is 24.3 Å². The Morgan fingerprint density at radius 3 is 2.30 bits per heavy atom. The molecule has 1 amide bonds. The van der Waals surface area contributed by atoms with Crippen LogP contribution < -0.4 is 10.0 Å². The van der Waals surface area contributed by atoms with Crippen LogP contribution >= 0.6 is 0 Å². The number of carbonyl (C=O) groups excluding carboxylic acids is 1. The molecule has 0 bridgehead atoms.